The van der Waals surface area contributed by atoms with Crippen LogP contribution in [0.3, 0.4) is 0 Å². The van der Waals surface area contributed by atoms with E-state index in [9.17, 15) is 9.59 Å². The van der Waals surface area contributed by atoms with Crippen molar-refractivity contribution >= 4 is 52.4 Å². The van der Waals surface area contributed by atoms with Crippen molar-refractivity contribution in [2.24, 2.45) is 5.41 Å². The Hall–Kier alpha value is -2.61. The van der Waals surface area contributed by atoms with Gasteiger partial charge in [-0.05, 0) is 55.8 Å². The van der Waals surface area contributed by atoms with Crippen LogP contribution in [-0.4, -0.2) is 34.7 Å². The molecule has 1 fully saturated rings. The fourth-order valence-corrected chi connectivity index (χ4v) is 4.22. The second kappa shape index (κ2) is 10.8. The number of nitrogens with zero attached hydrogens (tertiary/aromatic N) is 2. The molecule has 34 heavy (non-hydrogen) atoms. The number of rotatable bonds is 5. The topological polar surface area (TPSA) is 88.1 Å². The van der Waals surface area contributed by atoms with E-state index < -0.39 is 5.41 Å². The van der Waals surface area contributed by atoms with Crippen LogP contribution < -0.4 is 16.0 Å². The number of benzene rings is 2. The van der Waals surface area contributed by atoms with Gasteiger partial charge in [-0.15, -0.1) is 12.4 Å². The molecule has 2 aromatic carbocycles. The van der Waals surface area contributed by atoms with Crippen LogP contribution in [0.5, 0.6) is 0 Å². The largest absolute Gasteiger partial charge is 0.352 e. The van der Waals surface area contributed by atoms with Crippen LogP contribution in [-0.2, 0) is 11.3 Å². The summed E-state index contributed by atoms with van der Waals surface area (Å²) in [7, 11) is 0. The van der Waals surface area contributed by atoms with Crippen LogP contribution in [0.2, 0.25) is 5.02 Å². The van der Waals surface area contributed by atoms with Crippen molar-refractivity contribution in [3.05, 3.63) is 58.7 Å². The number of hydrogen-bond acceptors (Lipinski definition) is 4. The van der Waals surface area contributed by atoms with Crippen LogP contribution in [0, 0.1) is 5.41 Å². The van der Waals surface area contributed by atoms with Crippen molar-refractivity contribution < 1.29 is 9.59 Å². The first-order chi connectivity index (χ1) is 15.7. The summed E-state index contributed by atoms with van der Waals surface area (Å²) in [6.07, 6.45) is 3.87. The molecular formula is C25H31Cl2N5O2. The Morgan fingerprint density at radius 2 is 1.91 bits per heavy atom. The average Bonchev–Trinajstić information content (AvgIpc) is 3.23. The molecule has 182 valence electrons. The van der Waals surface area contributed by atoms with E-state index in [-0.39, 0.29) is 24.2 Å². The minimum absolute atomic E-state index is 0. The first kappa shape index (κ1) is 26.0. The van der Waals surface area contributed by atoms with Crippen molar-refractivity contribution in [3.63, 3.8) is 0 Å². The SMILES string of the molecule is CC(C)(C)C(=O)NCc1ccc(Cl)c(C(=O)Nc2cccc3c2cnn3C2CCNCC2)c1.Cl. The quantitative estimate of drug-likeness (QED) is 0.459. The summed E-state index contributed by atoms with van der Waals surface area (Å²) >= 11 is 6.35. The number of fused-ring (bicyclic) bond motifs is 1. The fraction of sp³-hybridized carbons (Fsp3) is 0.400. The van der Waals surface area contributed by atoms with Crippen molar-refractivity contribution in [2.45, 2.75) is 46.2 Å². The highest BCUT2D eigenvalue weighted by molar-refractivity contribution is 6.34. The van der Waals surface area contributed by atoms with E-state index in [0.29, 0.717) is 28.9 Å². The molecule has 2 heterocycles. The van der Waals surface area contributed by atoms with E-state index in [4.69, 9.17) is 11.6 Å². The number of carbonyl (C=O) groups is 2. The Balaban J connectivity index is 0.00000324. The van der Waals surface area contributed by atoms with E-state index in [2.05, 4.69) is 25.7 Å². The summed E-state index contributed by atoms with van der Waals surface area (Å²) in [5.74, 6) is -0.355. The molecule has 0 saturated carbocycles. The molecule has 3 N–H and O–H groups in total. The summed E-state index contributed by atoms with van der Waals surface area (Å²) in [5.41, 5.74) is 2.38. The fourth-order valence-electron chi connectivity index (χ4n) is 4.02. The van der Waals surface area contributed by atoms with Crippen LogP contribution in [0.4, 0.5) is 5.69 Å². The first-order valence-corrected chi connectivity index (χ1v) is 11.7. The molecule has 1 saturated heterocycles. The van der Waals surface area contributed by atoms with Gasteiger partial charge < -0.3 is 16.0 Å². The molecule has 2 amide bonds. The second-order valence-corrected chi connectivity index (χ2v) is 9.92. The number of halogens is 2. The van der Waals surface area contributed by atoms with E-state index in [1.54, 1.807) is 12.1 Å². The summed E-state index contributed by atoms with van der Waals surface area (Å²) in [6, 6.07) is 11.4. The molecule has 4 rings (SSSR count). The van der Waals surface area contributed by atoms with Crippen LogP contribution >= 0.6 is 24.0 Å². The lowest BCUT2D eigenvalue weighted by molar-refractivity contribution is -0.128. The van der Waals surface area contributed by atoms with Crippen LogP contribution in [0.25, 0.3) is 10.9 Å². The highest BCUT2D eigenvalue weighted by Gasteiger charge is 2.22. The number of hydrogen-bond donors (Lipinski definition) is 3. The maximum atomic E-state index is 13.1. The van der Waals surface area contributed by atoms with Gasteiger partial charge in [-0.25, -0.2) is 0 Å². The van der Waals surface area contributed by atoms with Crippen molar-refractivity contribution in [1.82, 2.24) is 20.4 Å². The van der Waals surface area contributed by atoms with Crippen molar-refractivity contribution in [1.29, 1.82) is 0 Å². The zero-order chi connectivity index (χ0) is 23.6. The molecule has 0 aliphatic carbocycles. The summed E-state index contributed by atoms with van der Waals surface area (Å²) in [5, 5.41) is 15.2. The first-order valence-electron chi connectivity index (χ1n) is 11.3. The standard InChI is InChI=1S/C25H30ClN5O2.ClH/c1-25(2,3)24(33)28-14-16-7-8-20(26)18(13-16)23(32)30-21-5-4-6-22-19(21)15-29-31(22)17-9-11-27-12-10-17;/h4-8,13,15,17,27H,9-12,14H2,1-3H3,(H,28,33)(H,30,32);1H. The number of amides is 2. The molecule has 0 unspecified atom stereocenters. The monoisotopic (exact) mass is 503 g/mol. The molecule has 0 radical (unpaired) electrons. The third-order valence-electron chi connectivity index (χ3n) is 5.95. The van der Waals surface area contributed by atoms with Gasteiger partial charge in [-0.2, -0.15) is 5.10 Å². The average molecular weight is 504 g/mol. The third kappa shape index (κ3) is 5.71. The van der Waals surface area contributed by atoms with Gasteiger partial charge in [-0.3, -0.25) is 14.3 Å². The van der Waals surface area contributed by atoms with E-state index in [1.165, 1.54) is 0 Å². The Bertz CT molecular complexity index is 1180. The van der Waals surface area contributed by atoms with Crippen LogP contribution in [0.15, 0.2) is 42.6 Å². The number of nitrogens with one attached hydrogen (secondary N) is 3. The van der Waals surface area contributed by atoms with Crippen LogP contribution in [0.1, 0.15) is 55.6 Å². The van der Waals surface area contributed by atoms with Gasteiger partial charge in [0, 0.05) is 17.3 Å². The molecule has 1 aromatic heterocycles. The third-order valence-corrected chi connectivity index (χ3v) is 6.28. The second-order valence-electron chi connectivity index (χ2n) is 9.51. The van der Waals surface area contributed by atoms with Crippen molar-refractivity contribution in [3.8, 4) is 0 Å². The molecule has 3 aromatic rings. The van der Waals surface area contributed by atoms with Gasteiger partial charge in [0.2, 0.25) is 5.91 Å². The van der Waals surface area contributed by atoms with Crippen molar-refractivity contribution in [2.75, 3.05) is 18.4 Å². The van der Waals surface area contributed by atoms with E-state index in [0.717, 1.165) is 42.4 Å². The molecular weight excluding hydrogens is 473 g/mol. The minimum atomic E-state index is -0.482. The van der Waals surface area contributed by atoms with Gasteiger partial charge in [0.15, 0.2) is 0 Å². The smallest absolute Gasteiger partial charge is 0.257 e. The molecule has 1 aliphatic rings. The van der Waals surface area contributed by atoms with Gasteiger partial charge in [0.05, 0.1) is 34.0 Å². The highest BCUT2D eigenvalue weighted by Crippen LogP contribution is 2.29. The molecule has 7 nitrogen and oxygen atoms in total. The predicted molar refractivity (Wildman–Crippen MR) is 139 cm³/mol. The molecule has 0 atom stereocenters. The normalized spacial score (nSPS) is 14.5. The Labute approximate surface area is 211 Å². The Morgan fingerprint density at radius 1 is 1.18 bits per heavy atom. The summed E-state index contributed by atoms with van der Waals surface area (Å²) < 4.78 is 2.07. The van der Waals surface area contributed by atoms with Gasteiger partial charge in [-0.1, -0.05) is 44.5 Å². The zero-order valence-corrected chi connectivity index (χ0v) is 21.2. The summed E-state index contributed by atoms with van der Waals surface area (Å²) in [4.78, 5) is 25.3. The Kier molecular flexibility index (Phi) is 8.23. The van der Waals surface area contributed by atoms with E-state index >= 15 is 0 Å². The van der Waals surface area contributed by atoms with Gasteiger partial charge in [0.25, 0.3) is 5.91 Å². The number of carbonyl (C=O) groups excluding carboxylic acids is 2. The molecule has 0 spiro atoms. The maximum Gasteiger partial charge on any atom is 0.257 e. The number of piperidine rings is 1. The highest BCUT2D eigenvalue weighted by atomic mass is 35.5. The van der Waals surface area contributed by atoms with Gasteiger partial charge in [0.1, 0.15) is 0 Å². The van der Waals surface area contributed by atoms with E-state index in [1.807, 2.05) is 51.2 Å². The zero-order valence-electron chi connectivity index (χ0n) is 19.7. The lowest BCUT2D eigenvalue weighted by Gasteiger charge is -2.23. The number of anilines is 1. The molecule has 0 bridgehead atoms. The van der Waals surface area contributed by atoms with Gasteiger partial charge >= 0.3 is 0 Å². The molecule has 9 heteroatoms. The Morgan fingerprint density at radius 3 is 2.62 bits per heavy atom. The number of aromatic nitrogens is 2. The lowest BCUT2D eigenvalue weighted by Crippen LogP contribution is -2.34. The predicted octanol–water partition coefficient (Wildman–Crippen LogP) is 4.95. The molecule has 1 aliphatic heterocycles. The minimum Gasteiger partial charge on any atom is -0.352 e. The maximum absolute atomic E-state index is 13.1. The summed E-state index contributed by atoms with van der Waals surface area (Å²) in [6.45, 7) is 7.86. The lowest BCUT2D eigenvalue weighted by atomic mass is 9.95.